The van der Waals surface area contributed by atoms with Crippen molar-refractivity contribution in [1.29, 1.82) is 0 Å². The molecule has 0 saturated carbocycles. The quantitative estimate of drug-likeness (QED) is 0.427. The molecule has 1 aliphatic rings. The largest absolute Gasteiger partial charge is 0.598 e. The smallest absolute Gasteiger partial charge is 0.126 e. The minimum atomic E-state index is -0.673. The van der Waals surface area contributed by atoms with E-state index in [9.17, 15) is 4.55 Å². The number of rotatable bonds is 0. The van der Waals surface area contributed by atoms with Gasteiger partial charge in [0.2, 0.25) is 0 Å². The summed E-state index contributed by atoms with van der Waals surface area (Å²) in [6.07, 6.45) is 1.08. The Hall–Kier alpha value is 0.270. The van der Waals surface area contributed by atoms with Gasteiger partial charge in [0.25, 0.3) is 0 Å². The van der Waals surface area contributed by atoms with Crippen LogP contribution in [0.2, 0.25) is 0 Å². The molecule has 0 aliphatic carbocycles. The average molecular weight is 105 g/mol. The molecule has 2 nitrogen and oxygen atoms in total. The van der Waals surface area contributed by atoms with E-state index in [1.807, 2.05) is 0 Å². The second kappa shape index (κ2) is 1.82. The van der Waals surface area contributed by atoms with Crippen LogP contribution in [0.1, 0.15) is 6.42 Å². The highest BCUT2D eigenvalue weighted by Gasteiger charge is 2.11. The van der Waals surface area contributed by atoms with Crippen molar-refractivity contribution in [1.82, 2.24) is 4.72 Å². The first-order valence-corrected chi connectivity index (χ1v) is 3.33. The van der Waals surface area contributed by atoms with E-state index in [0.29, 0.717) is 0 Å². The summed E-state index contributed by atoms with van der Waals surface area (Å²) in [6.45, 7) is 0.937. The topological polar surface area (TPSA) is 35.1 Å². The lowest BCUT2D eigenvalue weighted by Crippen LogP contribution is -2.15. The summed E-state index contributed by atoms with van der Waals surface area (Å²) in [5, 5.41) is 0. The molecule has 0 unspecified atom stereocenters. The van der Waals surface area contributed by atoms with E-state index in [1.165, 1.54) is 0 Å². The highest BCUT2D eigenvalue weighted by molar-refractivity contribution is 7.89. The maximum atomic E-state index is 10.2. The summed E-state index contributed by atoms with van der Waals surface area (Å²) in [5.74, 6) is 0.847. The molecule has 0 aromatic rings. The molecule has 0 spiro atoms. The molecule has 3 heteroatoms. The first-order valence-electron chi connectivity index (χ1n) is 2.01. The molecule has 1 saturated heterocycles. The van der Waals surface area contributed by atoms with E-state index in [4.69, 9.17) is 0 Å². The van der Waals surface area contributed by atoms with Crippen LogP contribution in [0.15, 0.2) is 0 Å². The Balaban J connectivity index is 2.18. The molecule has 1 rings (SSSR count). The van der Waals surface area contributed by atoms with Gasteiger partial charge in [0.05, 0.1) is 0 Å². The lowest BCUT2D eigenvalue weighted by Gasteiger charge is -1.95. The molecular weight excluding hydrogens is 98.1 g/mol. The maximum Gasteiger partial charge on any atom is 0.126 e. The lowest BCUT2D eigenvalue weighted by molar-refractivity contribution is 0.593. The van der Waals surface area contributed by atoms with Gasteiger partial charge >= 0.3 is 0 Å². The van der Waals surface area contributed by atoms with Gasteiger partial charge in [0.15, 0.2) is 0 Å². The van der Waals surface area contributed by atoms with Crippen LogP contribution in [0.3, 0.4) is 0 Å². The normalized spacial score (nSPS) is 34.5. The van der Waals surface area contributed by atoms with Gasteiger partial charge in [0, 0.05) is 24.3 Å². The minimum absolute atomic E-state index is 0.673. The first kappa shape index (κ1) is 4.43. The Morgan fingerprint density at radius 3 is 2.67 bits per heavy atom. The number of nitrogens with one attached hydrogen (secondary N) is 1. The molecule has 0 aromatic carbocycles. The highest BCUT2D eigenvalue weighted by Crippen LogP contribution is 1.95. The molecular formula is C3H7NOS. The van der Waals surface area contributed by atoms with Gasteiger partial charge < -0.3 is 4.55 Å². The van der Waals surface area contributed by atoms with Crippen LogP contribution in [-0.2, 0) is 11.4 Å². The van der Waals surface area contributed by atoms with Crippen LogP contribution in [-0.4, -0.2) is 16.9 Å². The van der Waals surface area contributed by atoms with Gasteiger partial charge in [-0.2, -0.15) is 0 Å². The molecule has 0 bridgehead atoms. The molecule has 0 aromatic heterocycles. The van der Waals surface area contributed by atoms with Gasteiger partial charge in [-0.1, -0.05) is 0 Å². The van der Waals surface area contributed by atoms with Gasteiger partial charge in [-0.15, -0.1) is 4.72 Å². The Labute approximate surface area is 40.2 Å². The Morgan fingerprint density at radius 2 is 2.50 bits per heavy atom. The molecule has 1 atom stereocenters. The van der Waals surface area contributed by atoms with Crippen LogP contribution in [0.25, 0.3) is 0 Å². The highest BCUT2D eigenvalue weighted by atomic mass is 32.2. The first-order chi connectivity index (χ1) is 2.89. The monoisotopic (exact) mass is 105 g/mol. The van der Waals surface area contributed by atoms with Crippen LogP contribution in [0.5, 0.6) is 0 Å². The van der Waals surface area contributed by atoms with Crippen molar-refractivity contribution in [2.24, 2.45) is 0 Å². The van der Waals surface area contributed by atoms with Crippen molar-refractivity contribution in [2.45, 2.75) is 6.42 Å². The summed E-state index contributed by atoms with van der Waals surface area (Å²) in [4.78, 5) is 0. The molecule has 0 radical (unpaired) electrons. The molecule has 1 heterocycles. The molecule has 6 heavy (non-hydrogen) atoms. The summed E-state index contributed by atoms with van der Waals surface area (Å²) in [5.41, 5.74) is 0. The SMILES string of the molecule is [O-][S@+]1CCCN1. The fraction of sp³-hybridized carbons (Fsp3) is 1.00. The Bertz CT molecular complexity index is 44.1. The predicted octanol–water partition coefficient (Wildman–Crippen LogP) is -0.357. The van der Waals surface area contributed by atoms with E-state index in [1.54, 1.807) is 0 Å². The van der Waals surface area contributed by atoms with Crippen molar-refractivity contribution in [3.05, 3.63) is 0 Å². The number of hydrogen-bond donors (Lipinski definition) is 1. The van der Waals surface area contributed by atoms with Crippen LogP contribution in [0, 0.1) is 0 Å². The zero-order valence-electron chi connectivity index (χ0n) is 3.44. The standard InChI is InChI=1S/C3H7NOS/c5-6-3-1-2-4-6/h4H,1-3H2/t6-/m1/s1. The second-order valence-electron chi connectivity index (χ2n) is 1.30. The van der Waals surface area contributed by atoms with Crippen molar-refractivity contribution in [2.75, 3.05) is 12.3 Å². The zero-order chi connectivity index (χ0) is 4.41. The number of hydrogen-bond acceptors (Lipinski definition) is 2. The van der Waals surface area contributed by atoms with Crippen LogP contribution >= 0.6 is 0 Å². The van der Waals surface area contributed by atoms with E-state index in [2.05, 4.69) is 4.72 Å². The molecule has 1 N–H and O–H groups in total. The second-order valence-corrected chi connectivity index (χ2v) is 2.69. The Kier molecular flexibility index (Phi) is 1.34. The van der Waals surface area contributed by atoms with Gasteiger partial charge in [-0.25, -0.2) is 0 Å². The van der Waals surface area contributed by atoms with Gasteiger partial charge in [-0.3, -0.25) is 0 Å². The molecule has 1 fully saturated rings. The van der Waals surface area contributed by atoms with E-state index in [-0.39, 0.29) is 0 Å². The molecule has 0 amide bonds. The van der Waals surface area contributed by atoms with Crippen molar-refractivity contribution >= 4 is 11.4 Å². The lowest BCUT2D eigenvalue weighted by atomic mass is 10.5. The predicted molar refractivity (Wildman–Crippen MR) is 25.6 cm³/mol. The third kappa shape index (κ3) is 0.864. The van der Waals surface area contributed by atoms with Crippen molar-refractivity contribution in [3.8, 4) is 0 Å². The molecule has 1 aliphatic heterocycles. The summed E-state index contributed by atoms with van der Waals surface area (Å²) in [6, 6.07) is 0. The third-order valence-corrected chi connectivity index (χ3v) is 1.96. The van der Waals surface area contributed by atoms with Crippen molar-refractivity contribution < 1.29 is 4.55 Å². The van der Waals surface area contributed by atoms with E-state index < -0.39 is 11.4 Å². The molecule has 36 valence electrons. The maximum absolute atomic E-state index is 10.2. The van der Waals surface area contributed by atoms with E-state index >= 15 is 0 Å². The third-order valence-electron chi connectivity index (χ3n) is 0.770. The summed E-state index contributed by atoms with van der Waals surface area (Å²) >= 11 is -0.673. The zero-order valence-corrected chi connectivity index (χ0v) is 4.25. The average Bonchev–Trinajstić information content (AvgIpc) is 1.86. The summed E-state index contributed by atoms with van der Waals surface area (Å²) < 4.78 is 13.0. The fourth-order valence-electron chi connectivity index (χ4n) is 0.461. The summed E-state index contributed by atoms with van der Waals surface area (Å²) in [7, 11) is 0. The van der Waals surface area contributed by atoms with Crippen molar-refractivity contribution in [3.63, 3.8) is 0 Å². The van der Waals surface area contributed by atoms with Crippen LogP contribution < -0.4 is 4.72 Å². The fourth-order valence-corrected chi connectivity index (χ4v) is 1.38. The van der Waals surface area contributed by atoms with Gasteiger partial charge in [-0.05, 0) is 0 Å². The van der Waals surface area contributed by atoms with Gasteiger partial charge in [0.1, 0.15) is 5.75 Å². The van der Waals surface area contributed by atoms with E-state index in [0.717, 1.165) is 18.7 Å². The Morgan fingerprint density at radius 1 is 1.67 bits per heavy atom. The minimum Gasteiger partial charge on any atom is -0.598 e. The van der Waals surface area contributed by atoms with Crippen LogP contribution in [0.4, 0.5) is 0 Å².